The van der Waals surface area contributed by atoms with Gasteiger partial charge in [-0.15, -0.1) is 0 Å². The number of thioether (sulfide) groups is 1. The lowest BCUT2D eigenvalue weighted by Crippen LogP contribution is -2.27. The molecule has 1 fully saturated rings. The molecule has 0 saturated carbocycles. The van der Waals surface area contributed by atoms with Gasteiger partial charge in [0.1, 0.15) is 11.5 Å². The normalized spacial score (nSPS) is 15.8. The second-order valence-electron chi connectivity index (χ2n) is 7.56. The zero-order chi connectivity index (χ0) is 24.5. The number of hydrogen-bond acceptors (Lipinski definition) is 8. The van der Waals surface area contributed by atoms with Crippen LogP contribution in [0.4, 0.5) is 4.79 Å². The number of amides is 2. The molecule has 3 aromatic rings. The van der Waals surface area contributed by atoms with Gasteiger partial charge in [0.15, 0.2) is 11.5 Å². The van der Waals surface area contributed by atoms with Gasteiger partial charge in [-0.3, -0.25) is 14.5 Å². The highest BCUT2D eigenvalue weighted by Crippen LogP contribution is 2.39. The molecule has 10 heteroatoms. The van der Waals surface area contributed by atoms with Crippen molar-refractivity contribution in [3.63, 3.8) is 0 Å². The van der Waals surface area contributed by atoms with E-state index in [2.05, 4.69) is 0 Å². The van der Waals surface area contributed by atoms with Gasteiger partial charge in [-0.25, -0.2) is 4.79 Å². The van der Waals surface area contributed by atoms with Crippen molar-refractivity contribution >= 4 is 46.6 Å². The van der Waals surface area contributed by atoms with Gasteiger partial charge in [0, 0.05) is 22.7 Å². The predicted octanol–water partition coefficient (Wildman–Crippen LogP) is 5.74. The number of hydrogen-bond donors (Lipinski definition) is 0. The van der Waals surface area contributed by atoms with E-state index in [1.54, 1.807) is 55.5 Å². The Hall–Kier alpha value is -3.69. The summed E-state index contributed by atoms with van der Waals surface area (Å²) in [5.74, 6) is 1.18. The van der Waals surface area contributed by atoms with Crippen molar-refractivity contribution in [1.29, 1.82) is 0 Å². The number of halogens is 1. The molecular weight excluding hydrogens is 494 g/mol. The fourth-order valence-corrected chi connectivity index (χ4v) is 4.62. The molecule has 0 unspecified atom stereocenters. The summed E-state index contributed by atoms with van der Waals surface area (Å²) in [6, 6.07) is 13.5. The van der Waals surface area contributed by atoms with Crippen LogP contribution in [0.2, 0.25) is 5.02 Å². The quantitative estimate of drug-likeness (QED) is 0.305. The fourth-order valence-electron chi connectivity index (χ4n) is 3.59. The highest BCUT2D eigenvalue weighted by Gasteiger charge is 2.36. The van der Waals surface area contributed by atoms with Crippen LogP contribution in [-0.2, 0) is 16.1 Å². The standard InChI is InChI=1S/C25H18ClNO7S/c1-2-31-24(29)15-5-3-14(4-6-15)19-8-7-17(34-19)10-22-23(28)27(25(30)35-22)12-16-9-20-21(11-18(16)26)33-13-32-20/h3-11H,2,12-13H2,1H3/b22-10+. The number of benzene rings is 2. The lowest BCUT2D eigenvalue weighted by molar-refractivity contribution is -0.123. The molecule has 0 N–H and O–H groups in total. The first-order chi connectivity index (χ1) is 16.9. The summed E-state index contributed by atoms with van der Waals surface area (Å²) in [7, 11) is 0. The van der Waals surface area contributed by atoms with E-state index in [-0.39, 0.29) is 18.2 Å². The minimum atomic E-state index is -0.439. The molecule has 8 nitrogen and oxygen atoms in total. The zero-order valence-electron chi connectivity index (χ0n) is 18.4. The Morgan fingerprint density at radius 2 is 1.86 bits per heavy atom. The van der Waals surface area contributed by atoms with Gasteiger partial charge in [0.2, 0.25) is 6.79 Å². The van der Waals surface area contributed by atoms with Crippen LogP contribution in [-0.4, -0.2) is 35.4 Å². The number of furan rings is 1. The molecule has 2 aliphatic rings. The third-order valence-corrected chi connectivity index (χ3v) is 6.58. The van der Waals surface area contributed by atoms with Crippen LogP contribution < -0.4 is 9.47 Å². The van der Waals surface area contributed by atoms with Crippen molar-refractivity contribution in [1.82, 2.24) is 4.90 Å². The monoisotopic (exact) mass is 511 g/mol. The summed E-state index contributed by atoms with van der Waals surface area (Å²) in [5, 5.41) is -0.0294. The van der Waals surface area contributed by atoms with E-state index >= 15 is 0 Å². The summed E-state index contributed by atoms with van der Waals surface area (Å²) >= 11 is 7.13. The lowest BCUT2D eigenvalue weighted by Gasteiger charge is -2.14. The molecule has 178 valence electrons. The number of rotatable bonds is 6. The smallest absolute Gasteiger partial charge is 0.338 e. The topological polar surface area (TPSA) is 95.3 Å². The van der Waals surface area contributed by atoms with Crippen LogP contribution >= 0.6 is 23.4 Å². The summed E-state index contributed by atoms with van der Waals surface area (Å²) < 4.78 is 21.5. The van der Waals surface area contributed by atoms with Crippen LogP contribution in [0.1, 0.15) is 28.6 Å². The molecule has 3 heterocycles. The largest absolute Gasteiger partial charge is 0.462 e. The first-order valence-electron chi connectivity index (χ1n) is 10.6. The van der Waals surface area contributed by atoms with Gasteiger partial charge in [-0.2, -0.15) is 0 Å². The van der Waals surface area contributed by atoms with E-state index in [0.717, 1.165) is 22.2 Å². The van der Waals surface area contributed by atoms with Crippen molar-refractivity contribution in [2.75, 3.05) is 13.4 Å². The molecular formula is C25H18ClNO7S. The molecule has 0 atom stereocenters. The molecule has 2 aromatic carbocycles. The maximum atomic E-state index is 12.9. The molecule has 2 aliphatic heterocycles. The Bertz CT molecular complexity index is 1360. The Morgan fingerprint density at radius 1 is 1.11 bits per heavy atom. The van der Waals surface area contributed by atoms with E-state index in [1.807, 2.05) is 0 Å². The van der Waals surface area contributed by atoms with Crippen LogP contribution in [0.25, 0.3) is 17.4 Å². The second kappa shape index (κ2) is 9.52. The molecule has 0 spiro atoms. The molecule has 0 bridgehead atoms. The van der Waals surface area contributed by atoms with E-state index in [4.69, 9.17) is 30.2 Å². The SMILES string of the molecule is CCOC(=O)c1ccc(-c2ccc(/C=C3/SC(=O)N(Cc4cc5c(cc4Cl)OCO5)C3=O)o2)cc1. The third kappa shape index (κ3) is 4.65. The van der Waals surface area contributed by atoms with Crippen molar-refractivity contribution in [2.24, 2.45) is 0 Å². The molecule has 2 amide bonds. The van der Waals surface area contributed by atoms with Crippen molar-refractivity contribution in [2.45, 2.75) is 13.5 Å². The van der Waals surface area contributed by atoms with Crippen molar-refractivity contribution < 1.29 is 33.0 Å². The average Bonchev–Trinajstić information content (AvgIpc) is 3.56. The highest BCUT2D eigenvalue weighted by atomic mass is 35.5. The van der Waals surface area contributed by atoms with Gasteiger partial charge in [-0.1, -0.05) is 23.7 Å². The first-order valence-corrected chi connectivity index (χ1v) is 11.8. The van der Waals surface area contributed by atoms with E-state index in [1.165, 1.54) is 6.08 Å². The average molecular weight is 512 g/mol. The van der Waals surface area contributed by atoms with Gasteiger partial charge < -0.3 is 18.6 Å². The molecule has 0 aliphatic carbocycles. The summed E-state index contributed by atoms with van der Waals surface area (Å²) in [5.41, 5.74) is 1.77. The minimum absolute atomic E-state index is 0.00764. The summed E-state index contributed by atoms with van der Waals surface area (Å²) in [6.45, 7) is 2.16. The minimum Gasteiger partial charge on any atom is -0.462 e. The maximum Gasteiger partial charge on any atom is 0.338 e. The number of carbonyl (C=O) groups is 3. The summed E-state index contributed by atoms with van der Waals surface area (Å²) in [6.07, 6.45) is 1.53. The second-order valence-corrected chi connectivity index (χ2v) is 8.96. The number of fused-ring (bicyclic) bond motifs is 1. The Morgan fingerprint density at radius 3 is 2.60 bits per heavy atom. The highest BCUT2D eigenvalue weighted by molar-refractivity contribution is 8.18. The predicted molar refractivity (Wildman–Crippen MR) is 129 cm³/mol. The molecule has 1 aromatic heterocycles. The van der Waals surface area contributed by atoms with E-state index in [9.17, 15) is 14.4 Å². The number of esters is 1. The van der Waals surface area contributed by atoms with E-state index in [0.29, 0.717) is 45.8 Å². The van der Waals surface area contributed by atoms with Gasteiger partial charge in [0.25, 0.3) is 11.1 Å². The Balaban J connectivity index is 1.31. The Labute approximate surface area is 209 Å². The summed E-state index contributed by atoms with van der Waals surface area (Å²) in [4.78, 5) is 38.7. The van der Waals surface area contributed by atoms with Crippen LogP contribution in [0.3, 0.4) is 0 Å². The fraction of sp³-hybridized carbons (Fsp3) is 0.160. The van der Waals surface area contributed by atoms with Crippen molar-refractivity contribution in [3.05, 3.63) is 75.3 Å². The molecule has 0 radical (unpaired) electrons. The Kier molecular flexibility index (Phi) is 6.27. The molecule has 35 heavy (non-hydrogen) atoms. The molecule has 5 rings (SSSR count). The number of ether oxygens (including phenoxy) is 3. The molecule has 1 saturated heterocycles. The van der Waals surface area contributed by atoms with Crippen LogP contribution in [0.5, 0.6) is 11.5 Å². The number of carbonyl (C=O) groups excluding carboxylic acids is 3. The first kappa shape index (κ1) is 23.1. The van der Waals surface area contributed by atoms with Crippen LogP contribution in [0.15, 0.2) is 57.9 Å². The van der Waals surface area contributed by atoms with Gasteiger partial charge in [-0.05, 0) is 54.6 Å². The van der Waals surface area contributed by atoms with Gasteiger partial charge >= 0.3 is 5.97 Å². The zero-order valence-corrected chi connectivity index (χ0v) is 20.0. The lowest BCUT2D eigenvalue weighted by atomic mass is 10.1. The maximum absolute atomic E-state index is 12.9. The van der Waals surface area contributed by atoms with Gasteiger partial charge in [0.05, 0.1) is 23.6 Å². The third-order valence-electron chi connectivity index (χ3n) is 5.32. The van der Waals surface area contributed by atoms with Crippen molar-refractivity contribution in [3.8, 4) is 22.8 Å². The number of imide groups is 1. The van der Waals surface area contributed by atoms with E-state index < -0.39 is 17.1 Å². The number of nitrogens with zero attached hydrogens (tertiary/aromatic N) is 1. The van der Waals surface area contributed by atoms with Crippen LogP contribution in [0, 0.1) is 0 Å².